The highest BCUT2D eigenvalue weighted by molar-refractivity contribution is 7.99. The van der Waals surface area contributed by atoms with Gasteiger partial charge in [0, 0.05) is 11.1 Å². The van der Waals surface area contributed by atoms with E-state index in [9.17, 15) is 9.59 Å². The number of hydrogen-bond donors (Lipinski definition) is 0. The molecule has 2 aromatic carbocycles. The third-order valence-corrected chi connectivity index (χ3v) is 5.77. The first-order chi connectivity index (χ1) is 14.7. The predicted molar refractivity (Wildman–Crippen MR) is 125 cm³/mol. The molecule has 6 nitrogen and oxygen atoms in total. The average molecular weight is 502 g/mol. The number of ether oxygens (including phenoxy) is 2. The lowest BCUT2D eigenvalue weighted by Gasteiger charge is -2.17. The molecule has 0 unspecified atom stereocenters. The molecule has 0 aliphatic carbocycles. The second-order valence-corrected chi connectivity index (χ2v) is 8.88. The number of carbonyl (C=O) groups is 1. The number of carbonyl (C=O) groups excluding carboxylic acids is 1. The maximum atomic E-state index is 13.4. The first kappa shape index (κ1) is 23.7. The zero-order chi connectivity index (χ0) is 22.7. The predicted octanol–water partition coefficient (Wildman–Crippen LogP) is 5.79. The third kappa shape index (κ3) is 5.47. The molecule has 0 N–H and O–H groups in total. The Morgan fingerprint density at radius 1 is 1.16 bits per heavy atom. The molecule has 0 aliphatic heterocycles. The third-order valence-electron chi connectivity index (χ3n) is 4.03. The lowest BCUT2D eigenvalue weighted by Crippen LogP contribution is -2.23. The van der Waals surface area contributed by atoms with Gasteiger partial charge < -0.3 is 9.47 Å². The van der Waals surface area contributed by atoms with E-state index >= 15 is 0 Å². The molecule has 1 aromatic heterocycles. The Labute approximate surface area is 198 Å². The highest BCUT2D eigenvalue weighted by Crippen LogP contribution is 2.35. The number of thioether (sulfide) groups is 1. The summed E-state index contributed by atoms with van der Waals surface area (Å²) >= 11 is 19.9. The number of rotatable bonds is 7. The highest BCUT2D eigenvalue weighted by atomic mass is 35.5. The molecule has 0 spiro atoms. The van der Waals surface area contributed by atoms with E-state index < -0.39 is 11.5 Å². The number of fused-ring (bicyclic) bond motifs is 1. The zero-order valence-corrected chi connectivity index (χ0v) is 20.0. The topological polar surface area (TPSA) is 70.4 Å². The molecular weight excluding hydrogens is 483 g/mol. The number of nitrogens with zero attached hydrogens (tertiary/aromatic N) is 2. The van der Waals surface area contributed by atoms with Crippen LogP contribution in [-0.4, -0.2) is 34.0 Å². The number of esters is 1. The smallest absolute Gasteiger partial charge is 0.316 e. The second kappa shape index (κ2) is 10.1. The summed E-state index contributed by atoms with van der Waals surface area (Å²) in [5.74, 6) is -0.0778. The van der Waals surface area contributed by atoms with E-state index in [1.165, 1.54) is 16.7 Å². The largest absolute Gasteiger partial charge is 0.489 e. The van der Waals surface area contributed by atoms with Crippen molar-refractivity contribution in [2.45, 2.75) is 32.0 Å². The fourth-order valence-electron chi connectivity index (χ4n) is 2.81. The minimum Gasteiger partial charge on any atom is -0.489 e. The van der Waals surface area contributed by atoms with Crippen LogP contribution in [0.3, 0.4) is 0 Å². The Morgan fingerprint density at radius 3 is 2.58 bits per heavy atom. The van der Waals surface area contributed by atoms with Crippen molar-refractivity contribution in [3.63, 3.8) is 0 Å². The van der Waals surface area contributed by atoms with Crippen LogP contribution in [0.25, 0.3) is 16.6 Å². The van der Waals surface area contributed by atoms with Crippen LogP contribution in [0.5, 0.6) is 5.75 Å². The van der Waals surface area contributed by atoms with Crippen molar-refractivity contribution in [3.8, 4) is 11.4 Å². The molecule has 10 heteroatoms. The van der Waals surface area contributed by atoms with Crippen LogP contribution in [0.15, 0.2) is 40.3 Å². The lowest BCUT2D eigenvalue weighted by atomic mass is 10.2. The van der Waals surface area contributed by atoms with Crippen molar-refractivity contribution < 1.29 is 14.3 Å². The van der Waals surface area contributed by atoms with Gasteiger partial charge in [0.1, 0.15) is 5.75 Å². The van der Waals surface area contributed by atoms with E-state index in [4.69, 9.17) is 44.3 Å². The molecule has 0 atom stereocenters. The van der Waals surface area contributed by atoms with Gasteiger partial charge in [-0.05, 0) is 45.0 Å². The molecule has 0 fully saturated rings. The Hall–Kier alpha value is -1.93. The monoisotopic (exact) mass is 500 g/mol. The van der Waals surface area contributed by atoms with E-state index in [1.54, 1.807) is 25.1 Å². The van der Waals surface area contributed by atoms with Crippen molar-refractivity contribution in [1.82, 2.24) is 9.55 Å². The minimum atomic E-state index is -0.421. The Kier molecular flexibility index (Phi) is 7.75. The van der Waals surface area contributed by atoms with Crippen LogP contribution in [0.4, 0.5) is 0 Å². The van der Waals surface area contributed by atoms with Gasteiger partial charge >= 0.3 is 5.97 Å². The van der Waals surface area contributed by atoms with Gasteiger partial charge in [-0.3, -0.25) is 14.2 Å². The highest BCUT2D eigenvalue weighted by Gasteiger charge is 2.19. The van der Waals surface area contributed by atoms with Crippen molar-refractivity contribution in [2.75, 3.05) is 12.4 Å². The summed E-state index contributed by atoms with van der Waals surface area (Å²) in [4.78, 5) is 29.9. The van der Waals surface area contributed by atoms with E-state index in [0.29, 0.717) is 32.4 Å². The second-order valence-electron chi connectivity index (χ2n) is 6.69. The van der Waals surface area contributed by atoms with Gasteiger partial charge in [0.2, 0.25) is 0 Å². The van der Waals surface area contributed by atoms with Crippen LogP contribution in [0.2, 0.25) is 15.1 Å². The maximum Gasteiger partial charge on any atom is 0.316 e. The number of halogens is 3. The Bertz CT molecular complexity index is 1200. The molecule has 164 valence electrons. The molecule has 0 saturated carbocycles. The van der Waals surface area contributed by atoms with E-state index in [2.05, 4.69) is 4.98 Å². The minimum absolute atomic E-state index is 0.0278. The van der Waals surface area contributed by atoms with Crippen molar-refractivity contribution in [2.24, 2.45) is 0 Å². The van der Waals surface area contributed by atoms with Gasteiger partial charge in [-0.1, -0.05) is 46.6 Å². The Balaban J connectivity index is 2.24. The molecule has 3 aromatic rings. The van der Waals surface area contributed by atoms with Gasteiger partial charge in [0.05, 0.1) is 45.1 Å². The van der Waals surface area contributed by atoms with Crippen molar-refractivity contribution >= 4 is 63.4 Å². The summed E-state index contributed by atoms with van der Waals surface area (Å²) in [6.45, 7) is 5.70. The van der Waals surface area contributed by atoms with Gasteiger partial charge in [0.15, 0.2) is 5.16 Å². The molecule has 31 heavy (non-hydrogen) atoms. The molecule has 0 saturated heterocycles. The number of aromatic nitrogens is 2. The summed E-state index contributed by atoms with van der Waals surface area (Å²) < 4.78 is 12.1. The van der Waals surface area contributed by atoms with Gasteiger partial charge in [-0.25, -0.2) is 4.98 Å². The van der Waals surface area contributed by atoms with Crippen molar-refractivity contribution in [1.29, 1.82) is 0 Å². The lowest BCUT2D eigenvalue weighted by molar-refractivity contribution is -0.139. The quantitative estimate of drug-likeness (QED) is 0.232. The Morgan fingerprint density at radius 2 is 1.90 bits per heavy atom. The van der Waals surface area contributed by atoms with E-state index in [-0.39, 0.29) is 28.6 Å². The summed E-state index contributed by atoms with van der Waals surface area (Å²) in [6, 6.07) is 7.92. The van der Waals surface area contributed by atoms with Crippen molar-refractivity contribution in [3.05, 3.63) is 55.8 Å². The van der Waals surface area contributed by atoms with Gasteiger partial charge in [-0.15, -0.1) is 0 Å². The van der Waals surface area contributed by atoms with E-state index in [0.717, 1.165) is 11.8 Å². The van der Waals surface area contributed by atoms with Gasteiger partial charge in [0.25, 0.3) is 5.56 Å². The first-order valence-electron chi connectivity index (χ1n) is 9.38. The summed E-state index contributed by atoms with van der Waals surface area (Å²) in [5, 5.41) is 1.52. The number of hydrogen-bond acceptors (Lipinski definition) is 6. The van der Waals surface area contributed by atoms with Crippen LogP contribution >= 0.6 is 46.6 Å². The fraction of sp³-hybridized carbons (Fsp3) is 0.286. The normalized spacial score (nSPS) is 11.2. The standard InChI is InChI=1S/C21H19Cl3N2O4S/c1-4-29-19(27)10-31-21-25-16-6-5-12(22)7-13(16)20(28)26(21)17-9-18(30-11(2)3)15(24)8-14(17)23/h5-9,11H,4,10H2,1-3H3. The van der Waals surface area contributed by atoms with Crippen LogP contribution < -0.4 is 10.3 Å². The summed E-state index contributed by atoms with van der Waals surface area (Å²) in [5.41, 5.74) is 0.381. The summed E-state index contributed by atoms with van der Waals surface area (Å²) in [7, 11) is 0. The van der Waals surface area contributed by atoms with Gasteiger partial charge in [-0.2, -0.15) is 0 Å². The zero-order valence-electron chi connectivity index (χ0n) is 16.9. The first-order valence-corrected chi connectivity index (χ1v) is 11.5. The molecule has 0 radical (unpaired) electrons. The van der Waals surface area contributed by atoms with Crippen LogP contribution in [0, 0.1) is 0 Å². The molecule has 3 rings (SSSR count). The molecule has 0 amide bonds. The van der Waals surface area contributed by atoms with E-state index in [1.807, 2.05) is 13.8 Å². The number of benzene rings is 2. The summed E-state index contributed by atoms with van der Waals surface area (Å²) in [6.07, 6.45) is -0.144. The molecule has 0 aliphatic rings. The fourth-order valence-corrected chi connectivity index (χ4v) is 4.29. The van der Waals surface area contributed by atoms with Crippen LogP contribution in [-0.2, 0) is 9.53 Å². The SMILES string of the molecule is CCOC(=O)CSc1nc2ccc(Cl)cc2c(=O)n1-c1cc(OC(C)C)c(Cl)cc1Cl. The van der Waals surface area contributed by atoms with Crippen LogP contribution in [0.1, 0.15) is 20.8 Å². The maximum absolute atomic E-state index is 13.4. The molecule has 1 heterocycles. The molecule has 0 bridgehead atoms. The average Bonchev–Trinajstić information content (AvgIpc) is 2.69. The molecular formula is C21H19Cl3N2O4S.